The van der Waals surface area contributed by atoms with Gasteiger partial charge >= 0.3 is 0 Å². The molecular formula is C19H20FNO3. The molecule has 4 nitrogen and oxygen atoms in total. The van der Waals surface area contributed by atoms with Gasteiger partial charge in [0.05, 0.1) is 19.6 Å². The van der Waals surface area contributed by atoms with E-state index in [1.165, 1.54) is 12.1 Å². The Morgan fingerprint density at radius 2 is 1.71 bits per heavy atom. The van der Waals surface area contributed by atoms with Crippen LogP contribution in [0, 0.1) is 5.82 Å². The highest BCUT2D eigenvalue weighted by Gasteiger charge is 2.12. The molecule has 2 aromatic carbocycles. The lowest BCUT2D eigenvalue weighted by atomic mass is 10.1. The molecule has 1 aliphatic heterocycles. The van der Waals surface area contributed by atoms with Gasteiger partial charge in [-0.3, -0.25) is 4.79 Å². The zero-order valence-electron chi connectivity index (χ0n) is 13.4. The van der Waals surface area contributed by atoms with E-state index in [0.717, 1.165) is 23.3 Å². The summed E-state index contributed by atoms with van der Waals surface area (Å²) in [6.45, 7) is 1.80. The minimum Gasteiger partial charge on any atom is -0.490 e. The summed E-state index contributed by atoms with van der Waals surface area (Å²) in [4.78, 5) is 12.0. The van der Waals surface area contributed by atoms with E-state index in [-0.39, 0.29) is 11.7 Å². The molecule has 0 aliphatic carbocycles. The number of benzene rings is 2. The Morgan fingerprint density at radius 3 is 2.50 bits per heavy atom. The van der Waals surface area contributed by atoms with Gasteiger partial charge in [-0.25, -0.2) is 4.39 Å². The number of hydrogen-bond acceptors (Lipinski definition) is 3. The third-order valence-electron chi connectivity index (χ3n) is 3.83. The summed E-state index contributed by atoms with van der Waals surface area (Å²) in [6, 6.07) is 11.9. The number of nitrogens with one attached hydrogen (secondary N) is 1. The summed E-state index contributed by atoms with van der Waals surface area (Å²) in [7, 11) is 0. The van der Waals surface area contributed by atoms with E-state index in [4.69, 9.17) is 9.47 Å². The first-order valence-electron chi connectivity index (χ1n) is 8.10. The summed E-state index contributed by atoms with van der Waals surface area (Å²) in [5, 5.41) is 2.88. The third-order valence-corrected chi connectivity index (χ3v) is 3.83. The first-order valence-corrected chi connectivity index (χ1v) is 8.10. The monoisotopic (exact) mass is 329 g/mol. The second-order valence-corrected chi connectivity index (χ2v) is 5.73. The summed E-state index contributed by atoms with van der Waals surface area (Å²) < 4.78 is 24.0. The number of rotatable bonds is 5. The molecule has 5 heteroatoms. The SMILES string of the molecule is O=C(Cc1ccc2c(c1)OCCCO2)NCCc1ccc(F)cc1. The number of amides is 1. The van der Waals surface area contributed by atoms with E-state index >= 15 is 0 Å². The average Bonchev–Trinajstić information content (AvgIpc) is 2.81. The van der Waals surface area contributed by atoms with Crippen molar-refractivity contribution in [3.63, 3.8) is 0 Å². The highest BCUT2D eigenvalue weighted by Crippen LogP contribution is 2.30. The maximum atomic E-state index is 12.8. The van der Waals surface area contributed by atoms with Gasteiger partial charge in [-0.05, 0) is 41.8 Å². The van der Waals surface area contributed by atoms with E-state index in [2.05, 4.69) is 5.32 Å². The fourth-order valence-electron chi connectivity index (χ4n) is 2.56. The first kappa shape index (κ1) is 16.3. The van der Waals surface area contributed by atoms with Crippen LogP contribution in [0.2, 0.25) is 0 Å². The van der Waals surface area contributed by atoms with Crippen LogP contribution in [-0.2, 0) is 17.6 Å². The lowest BCUT2D eigenvalue weighted by molar-refractivity contribution is -0.120. The van der Waals surface area contributed by atoms with Crippen LogP contribution >= 0.6 is 0 Å². The summed E-state index contributed by atoms with van der Waals surface area (Å²) >= 11 is 0. The van der Waals surface area contributed by atoms with Crippen molar-refractivity contribution in [3.05, 3.63) is 59.4 Å². The molecule has 0 fully saturated rings. The standard InChI is InChI=1S/C19H20FNO3/c20-16-5-2-14(3-6-16)8-9-21-19(22)13-15-4-7-17-18(12-15)24-11-1-10-23-17/h2-7,12H,1,8-11,13H2,(H,21,22). The van der Waals surface area contributed by atoms with Crippen LogP contribution in [0.15, 0.2) is 42.5 Å². The molecule has 0 unspecified atom stereocenters. The fraction of sp³-hybridized carbons (Fsp3) is 0.316. The number of carbonyl (C=O) groups excluding carboxylic acids is 1. The minimum atomic E-state index is -0.253. The van der Waals surface area contributed by atoms with Crippen molar-refractivity contribution in [1.82, 2.24) is 5.32 Å². The van der Waals surface area contributed by atoms with Crippen molar-refractivity contribution in [2.45, 2.75) is 19.3 Å². The van der Waals surface area contributed by atoms with Gasteiger partial charge in [0, 0.05) is 13.0 Å². The molecule has 24 heavy (non-hydrogen) atoms. The Labute approximate surface area is 140 Å². The van der Waals surface area contributed by atoms with E-state index in [9.17, 15) is 9.18 Å². The molecular weight excluding hydrogens is 309 g/mol. The number of hydrogen-bond donors (Lipinski definition) is 1. The molecule has 1 N–H and O–H groups in total. The summed E-state index contributed by atoms with van der Waals surface area (Å²) in [6.07, 6.45) is 1.82. The van der Waals surface area contributed by atoms with Gasteiger partial charge in [-0.2, -0.15) is 0 Å². The lowest BCUT2D eigenvalue weighted by Crippen LogP contribution is -2.27. The largest absolute Gasteiger partial charge is 0.490 e. The van der Waals surface area contributed by atoms with Gasteiger partial charge in [-0.15, -0.1) is 0 Å². The molecule has 1 amide bonds. The molecule has 1 aliphatic rings. The predicted octanol–water partition coefficient (Wildman–Crippen LogP) is 2.89. The molecule has 1 heterocycles. The average molecular weight is 329 g/mol. The Balaban J connectivity index is 1.49. The quantitative estimate of drug-likeness (QED) is 0.917. The van der Waals surface area contributed by atoms with Crippen molar-refractivity contribution in [1.29, 1.82) is 0 Å². The second-order valence-electron chi connectivity index (χ2n) is 5.73. The Hall–Kier alpha value is -2.56. The molecule has 0 spiro atoms. The first-order chi connectivity index (χ1) is 11.7. The molecule has 0 radical (unpaired) electrons. The molecule has 126 valence electrons. The second kappa shape index (κ2) is 7.81. The number of ether oxygens (including phenoxy) is 2. The highest BCUT2D eigenvalue weighted by atomic mass is 19.1. The number of carbonyl (C=O) groups is 1. The maximum absolute atomic E-state index is 12.8. The van der Waals surface area contributed by atoms with Crippen molar-refractivity contribution in [3.8, 4) is 11.5 Å². The molecule has 0 atom stereocenters. The molecule has 0 saturated carbocycles. The smallest absolute Gasteiger partial charge is 0.224 e. The molecule has 0 bridgehead atoms. The topological polar surface area (TPSA) is 47.6 Å². The maximum Gasteiger partial charge on any atom is 0.224 e. The third kappa shape index (κ3) is 4.47. The highest BCUT2D eigenvalue weighted by molar-refractivity contribution is 5.78. The Kier molecular flexibility index (Phi) is 5.31. The van der Waals surface area contributed by atoms with Crippen LogP contribution < -0.4 is 14.8 Å². The van der Waals surface area contributed by atoms with E-state index in [1.807, 2.05) is 18.2 Å². The van der Waals surface area contributed by atoms with Gasteiger partial charge in [0.2, 0.25) is 5.91 Å². The fourth-order valence-corrected chi connectivity index (χ4v) is 2.56. The normalized spacial score (nSPS) is 13.2. The van der Waals surface area contributed by atoms with Crippen molar-refractivity contribution in [2.75, 3.05) is 19.8 Å². The zero-order chi connectivity index (χ0) is 16.8. The van der Waals surface area contributed by atoms with Crippen molar-refractivity contribution >= 4 is 5.91 Å². The van der Waals surface area contributed by atoms with Crippen molar-refractivity contribution < 1.29 is 18.7 Å². The summed E-state index contributed by atoms with van der Waals surface area (Å²) in [5.41, 5.74) is 1.88. The Morgan fingerprint density at radius 1 is 1.00 bits per heavy atom. The van der Waals surface area contributed by atoms with Crippen LogP contribution in [0.3, 0.4) is 0 Å². The summed E-state index contributed by atoms with van der Waals surface area (Å²) in [5.74, 6) is 1.13. The zero-order valence-corrected chi connectivity index (χ0v) is 13.4. The van der Waals surface area contributed by atoms with Gasteiger partial charge < -0.3 is 14.8 Å². The van der Waals surface area contributed by atoms with Gasteiger partial charge in [0.1, 0.15) is 5.82 Å². The number of halogens is 1. The molecule has 0 saturated heterocycles. The van der Waals surface area contributed by atoms with Crippen LogP contribution in [-0.4, -0.2) is 25.7 Å². The van der Waals surface area contributed by atoms with E-state index < -0.39 is 0 Å². The van der Waals surface area contributed by atoms with Gasteiger partial charge in [-0.1, -0.05) is 18.2 Å². The minimum absolute atomic E-state index is 0.0494. The number of fused-ring (bicyclic) bond motifs is 1. The molecule has 0 aromatic heterocycles. The van der Waals surface area contributed by atoms with E-state index in [0.29, 0.717) is 38.3 Å². The molecule has 3 rings (SSSR count). The molecule has 2 aromatic rings. The van der Waals surface area contributed by atoms with Gasteiger partial charge in [0.25, 0.3) is 0 Å². The van der Waals surface area contributed by atoms with Crippen LogP contribution in [0.4, 0.5) is 4.39 Å². The van der Waals surface area contributed by atoms with Crippen LogP contribution in [0.1, 0.15) is 17.5 Å². The van der Waals surface area contributed by atoms with Crippen molar-refractivity contribution in [2.24, 2.45) is 0 Å². The lowest BCUT2D eigenvalue weighted by Gasteiger charge is -2.10. The Bertz CT molecular complexity index is 700. The van der Waals surface area contributed by atoms with E-state index in [1.54, 1.807) is 12.1 Å². The predicted molar refractivity (Wildman–Crippen MR) is 88.9 cm³/mol. The van der Waals surface area contributed by atoms with Crippen LogP contribution in [0.5, 0.6) is 11.5 Å². The van der Waals surface area contributed by atoms with Gasteiger partial charge in [0.15, 0.2) is 11.5 Å². The van der Waals surface area contributed by atoms with Crippen LogP contribution in [0.25, 0.3) is 0 Å².